The van der Waals surface area contributed by atoms with Gasteiger partial charge in [0, 0.05) is 37.9 Å². The van der Waals surface area contributed by atoms with E-state index < -0.39 is 5.97 Å². The number of aromatic carboxylic acids is 1. The average Bonchev–Trinajstić information content (AvgIpc) is 3.14. The molecule has 0 saturated carbocycles. The number of amides is 1. The Kier molecular flexibility index (Phi) is 12.9. The van der Waals surface area contributed by atoms with Crippen LogP contribution in [0.3, 0.4) is 0 Å². The number of unbranched alkanes of at least 4 members (excludes halogenated alkanes) is 1. The van der Waals surface area contributed by atoms with Gasteiger partial charge in [-0.05, 0) is 19.3 Å². The molecule has 0 aliphatic heterocycles. The molecule has 0 aromatic carbocycles. The zero-order valence-electron chi connectivity index (χ0n) is 17.8. The molecule has 156 valence electrons. The molecule has 2 unspecified atom stereocenters. The van der Waals surface area contributed by atoms with Crippen LogP contribution in [0, 0.1) is 5.92 Å². The summed E-state index contributed by atoms with van der Waals surface area (Å²) in [6, 6.07) is 0.0121. The molecule has 1 N–H and O–H groups in total. The standard InChI is InChI=1S/C18H30N2O4S.C2H6/c1-6-8-9-16(21)20(5)14(12(3)4)10-15(24-7-2)17-19-13(11-25-17)18(22)23;1-2/h11-12,14-15H,6-10H2,1-5H3,(H,22,23);1-2H3. The smallest absolute Gasteiger partial charge is 0.355 e. The number of hydrogen-bond acceptors (Lipinski definition) is 5. The van der Waals surface area contributed by atoms with Crippen LogP contribution in [0.25, 0.3) is 0 Å². The first-order valence-corrected chi connectivity index (χ1v) is 10.8. The predicted octanol–water partition coefficient (Wildman–Crippen LogP) is 5.01. The van der Waals surface area contributed by atoms with E-state index in [-0.39, 0.29) is 29.7 Å². The summed E-state index contributed by atoms with van der Waals surface area (Å²) in [5, 5.41) is 11.3. The lowest BCUT2D eigenvalue weighted by atomic mass is 9.96. The van der Waals surface area contributed by atoms with Gasteiger partial charge in [-0.25, -0.2) is 9.78 Å². The highest BCUT2D eigenvalue weighted by Crippen LogP contribution is 2.30. The SMILES string of the molecule is CC.CCCCC(=O)N(C)C(CC(OCC)c1nc(C(=O)O)cs1)C(C)C. The number of carboxylic acid groups (broad SMARTS) is 1. The molecule has 1 heterocycles. The van der Waals surface area contributed by atoms with Crippen LogP contribution in [0.5, 0.6) is 0 Å². The summed E-state index contributed by atoms with van der Waals surface area (Å²) in [5.74, 6) is -0.636. The molecule has 6 nitrogen and oxygen atoms in total. The van der Waals surface area contributed by atoms with E-state index in [9.17, 15) is 9.59 Å². The number of carbonyl (C=O) groups is 2. The van der Waals surface area contributed by atoms with Crippen LogP contribution in [0.1, 0.15) is 88.8 Å². The molecule has 27 heavy (non-hydrogen) atoms. The molecule has 1 aromatic heterocycles. The maximum absolute atomic E-state index is 12.4. The van der Waals surface area contributed by atoms with E-state index in [4.69, 9.17) is 9.84 Å². The van der Waals surface area contributed by atoms with Crippen molar-refractivity contribution in [3.63, 3.8) is 0 Å². The first-order valence-electron chi connectivity index (χ1n) is 9.87. The highest BCUT2D eigenvalue weighted by molar-refractivity contribution is 7.09. The zero-order valence-corrected chi connectivity index (χ0v) is 18.6. The minimum absolute atomic E-state index is 0.0121. The van der Waals surface area contributed by atoms with Gasteiger partial charge in [0.2, 0.25) is 5.91 Å². The lowest BCUT2D eigenvalue weighted by Crippen LogP contribution is -2.41. The molecule has 0 radical (unpaired) electrons. The second kappa shape index (κ2) is 13.7. The molecule has 2 atom stereocenters. The lowest BCUT2D eigenvalue weighted by molar-refractivity contribution is -0.133. The Morgan fingerprint density at radius 1 is 1.30 bits per heavy atom. The molecule has 0 aliphatic rings. The third-order valence-corrected chi connectivity index (χ3v) is 5.18. The molecular formula is C20H36N2O4S. The third kappa shape index (κ3) is 8.39. The number of rotatable bonds is 11. The normalized spacial score (nSPS) is 12.9. The van der Waals surface area contributed by atoms with E-state index in [0.717, 1.165) is 12.8 Å². The maximum atomic E-state index is 12.4. The monoisotopic (exact) mass is 400 g/mol. The van der Waals surface area contributed by atoms with Gasteiger partial charge in [-0.3, -0.25) is 4.79 Å². The van der Waals surface area contributed by atoms with Crippen molar-refractivity contribution in [1.29, 1.82) is 0 Å². The molecule has 1 rings (SSSR count). The Balaban J connectivity index is 0.00000326. The Morgan fingerprint density at radius 3 is 2.37 bits per heavy atom. The summed E-state index contributed by atoms with van der Waals surface area (Å²) in [5.41, 5.74) is 0.0400. The molecule has 0 saturated heterocycles. The highest BCUT2D eigenvalue weighted by atomic mass is 32.1. The lowest BCUT2D eigenvalue weighted by Gasteiger charge is -2.33. The van der Waals surface area contributed by atoms with Crippen molar-refractivity contribution in [2.75, 3.05) is 13.7 Å². The first kappa shape index (κ1) is 25.5. The quantitative estimate of drug-likeness (QED) is 0.565. The highest BCUT2D eigenvalue weighted by Gasteiger charge is 2.29. The van der Waals surface area contributed by atoms with Crippen LogP contribution in [-0.2, 0) is 9.53 Å². The van der Waals surface area contributed by atoms with Crippen LogP contribution in [0.2, 0.25) is 0 Å². The number of carboxylic acids is 1. The van der Waals surface area contributed by atoms with Gasteiger partial charge in [0.1, 0.15) is 11.1 Å². The Labute approximate surface area is 167 Å². The number of carbonyl (C=O) groups excluding carboxylic acids is 1. The van der Waals surface area contributed by atoms with E-state index >= 15 is 0 Å². The van der Waals surface area contributed by atoms with Crippen LogP contribution in [0.15, 0.2) is 5.38 Å². The zero-order chi connectivity index (χ0) is 21.0. The number of aromatic nitrogens is 1. The van der Waals surface area contributed by atoms with Crippen molar-refractivity contribution in [3.05, 3.63) is 16.1 Å². The van der Waals surface area contributed by atoms with Gasteiger partial charge in [-0.2, -0.15) is 0 Å². The van der Waals surface area contributed by atoms with Crippen LogP contribution < -0.4 is 0 Å². The number of nitrogens with zero attached hydrogens (tertiary/aromatic N) is 2. The summed E-state index contributed by atoms with van der Waals surface area (Å²) in [6.07, 6.45) is 2.72. The second-order valence-corrected chi connectivity index (χ2v) is 7.37. The average molecular weight is 401 g/mol. The first-order chi connectivity index (χ1) is 12.8. The van der Waals surface area contributed by atoms with E-state index in [1.54, 1.807) is 0 Å². The fourth-order valence-corrected chi connectivity index (χ4v) is 3.61. The fraction of sp³-hybridized carbons (Fsp3) is 0.750. The van der Waals surface area contributed by atoms with Gasteiger partial charge in [0.25, 0.3) is 0 Å². The van der Waals surface area contributed by atoms with Gasteiger partial charge in [-0.1, -0.05) is 41.0 Å². The van der Waals surface area contributed by atoms with Gasteiger partial charge in [-0.15, -0.1) is 11.3 Å². The van der Waals surface area contributed by atoms with Crippen molar-refractivity contribution in [3.8, 4) is 0 Å². The minimum atomic E-state index is -1.04. The predicted molar refractivity (Wildman–Crippen MR) is 110 cm³/mol. The summed E-state index contributed by atoms with van der Waals surface area (Å²) in [6.45, 7) is 12.6. The number of ether oxygens (including phenoxy) is 1. The van der Waals surface area contributed by atoms with Gasteiger partial charge in [0.15, 0.2) is 5.69 Å². The minimum Gasteiger partial charge on any atom is -0.476 e. The topological polar surface area (TPSA) is 79.7 Å². The third-order valence-electron chi connectivity index (χ3n) is 4.24. The Bertz CT molecular complexity index is 560. The van der Waals surface area contributed by atoms with Gasteiger partial charge >= 0.3 is 5.97 Å². The van der Waals surface area contributed by atoms with Crippen molar-refractivity contribution in [2.24, 2.45) is 5.92 Å². The largest absolute Gasteiger partial charge is 0.476 e. The Hall–Kier alpha value is -1.47. The number of thiazole rings is 1. The summed E-state index contributed by atoms with van der Waals surface area (Å²) in [4.78, 5) is 29.5. The summed E-state index contributed by atoms with van der Waals surface area (Å²) < 4.78 is 5.83. The fourth-order valence-electron chi connectivity index (χ4n) is 2.76. The second-order valence-electron chi connectivity index (χ2n) is 6.48. The van der Waals surface area contributed by atoms with Crippen molar-refractivity contribution in [1.82, 2.24) is 9.88 Å². The summed E-state index contributed by atoms with van der Waals surface area (Å²) in [7, 11) is 1.84. The molecule has 1 amide bonds. The van der Waals surface area contributed by atoms with Crippen molar-refractivity contribution < 1.29 is 19.4 Å². The molecule has 0 spiro atoms. The van der Waals surface area contributed by atoms with E-state index in [2.05, 4.69) is 25.8 Å². The molecule has 0 aliphatic carbocycles. The Morgan fingerprint density at radius 2 is 1.93 bits per heavy atom. The molecule has 0 bridgehead atoms. The van der Waals surface area contributed by atoms with Crippen LogP contribution in [0.4, 0.5) is 0 Å². The van der Waals surface area contributed by atoms with Crippen LogP contribution in [-0.4, -0.2) is 46.6 Å². The van der Waals surface area contributed by atoms with Crippen LogP contribution >= 0.6 is 11.3 Å². The molecule has 7 heteroatoms. The van der Waals surface area contributed by atoms with Gasteiger partial charge < -0.3 is 14.7 Å². The molecule has 1 aromatic rings. The van der Waals surface area contributed by atoms with Crippen molar-refractivity contribution >= 4 is 23.2 Å². The van der Waals surface area contributed by atoms with E-state index in [1.165, 1.54) is 16.7 Å². The maximum Gasteiger partial charge on any atom is 0.355 e. The van der Waals surface area contributed by atoms with E-state index in [1.807, 2.05) is 32.7 Å². The van der Waals surface area contributed by atoms with Crippen molar-refractivity contribution in [2.45, 2.75) is 79.4 Å². The summed E-state index contributed by atoms with van der Waals surface area (Å²) >= 11 is 1.29. The molecular weight excluding hydrogens is 364 g/mol. The van der Waals surface area contributed by atoms with Gasteiger partial charge in [0.05, 0.1) is 0 Å². The van der Waals surface area contributed by atoms with E-state index in [0.29, 0.717) is 24.5 Å². The molecule has 0 fully saturated rings. The number of hydrogen-bond donors (Lipinski definition) is 1.